The fourth-order valence-corrected chi connectivity index (χ4v) is 3.56. The maximum atomic E-state index is 12.6. The second-order valence-electron chi connectivity index (χ2n) is 7.38. The summed E-state index contributed by atoms with van der Waals surface area (Å²) in [5, 5.41) is 11.6. The SMILES string of the molecule is CC(C)c1cc(C(=O)N[C@H]2CCCc3c2cnn3Cc2ccccc2)on1. The van der Waals surface area contributed by atoms with Crippen LogP contribution in [0.25, 0.3) is 0 Å². The van der Waals surface area contributed by atoms with E-state index in [1.807, 2.05) is 42.9 Å². The molecule has 1 aliphatic rings. The first-order chi connectivity index (χ1) is 13.1. The second kappa shape index (κ2) is 7.39. The van der Waals surface area contributed by atoms with Crippen LogP contribution in [0.15, 0.2) is 47.1 Å². The third-order valence-electron chi connectivity index (χ3n) is 5.09. The number of fused-ring (bicyclic) bond motifs is 1. The highest BCUT2D eigenvalue weighted by Crippen LogP contribution is 2.30. The minimum atomic E-state index is -0.219. The van der Waals surface area contributed by atoms with Crippen LogP contribution in [-0.4, -0.2) is 20.8 Å². The van der Waals surface area contributed by atoms with Gasteiger partial charge in [0, 0.05) is 17.3 Å². The molecule has 2 aromatic heterocycles. The average molecular weight is 364 g/mol. The Kier molecular flexibility index (Phi) is 4.79. The monoisotopic (exact) mass is 364 g/mol. The van der Waals surface area contributed by atoms with Gasteiger partial charge in [-0.2, -0.15) is 5.10 Å². The number of carbonyl (C=O) groups is 1. The highest BCUT2D eigenvalue weighted by atomic mass is 16.5. The van der Waals surface area contributed by atoms with Gasteiger partial charge in [-0.25, -0.2) is 0 Å². The molecule has 0 unspecified atom stereocenters. The number of aromatic nitrogens is 3. The predicted octanol–water partition coefficient (Wildman–Crippen LogP) is 3.85. The van der Waals surface area contributed by atoms with Crippen molar-refractivity contribution in [3.8, 4) is 0 Å². The van der Waals surface area contributed by atoms with E-state index >= 15 is 0 Å². The third-order valence-corrected chi connectivity index (χ3v) is 5.09. The first kappa shape index (κ1) is 17.5. The van der Waals surface area contributed by atoms with E-state index in [1.165, 1.54) is 11.3 Å². The molecule has 0 fully saturated rings. The maximum Gasteiger partial charge on any atom is 0.290 e. The van der Waals surface area contributed by atoms with Gasteiger partial charge in [0.25, 0.3) is 5.91 Å². The van der Waals surface area contributed by atoms with Gasteiger partial charge in [-0.3, -0.25) is 9.48 Å². The zero-order chi connectivity index (χ0) is 18.8. The number of benzene rings is 1. The van der Waals surface area contributed by atoms with Gasteiger partial charge in [-0.05, 0) is 30.7 Å². The highest BCUT2D eigenvalue weighted by Gasteiger charge is 2.27. The van der Waals surface area contributed by atoms with E-state index < -0.39 is 0 Å². The van der Waals surface area contributed by atoms with Gasteiger partial charge >= 0.3 is 0 Å². The van der Waals surface area contributed by atoms with Gasteiger partial charge in [-0.1, -0.05) is 49.3 Å². The van der Waals surface area contributed by atoms with Crippen LogP contribution in [0.1, 0.15) is 71.7 Å². The van der Waals surface area contributed by atoms with Crippen LogP contribution in [0.5, 0.6) is 0 Å². The van der Waals surface area contributed by atoms with Crippen LogP contribution in [0.4, 0.5) is 0 Å². The largest absolute Gasteiger partial charge is 0.351 e. The molecule has 140 valence electrons. The van der Waals surface area contributed by atoms with Gasteiger partial charge in [-0.15, -0.1) is 0 Å². The molecule has 0 radical (unpaired) electrons. The zero-order valence-electron chi connectivity index (χ0n) is 15.7. The summed E-state index contributed by atoms with van der Waals surface area (Å²) in [6.07, 6.45) is 4.80. The van der Waals surface area contributed by atoms with Crippen molar-refractivity contribution in [2.24, 2.45) is 0 Å². The third kappa shape index (κ3) is 3.65. The summed E-state index contributed by atoms with van der Waals surface area (Å²) < 4.78 is 7.27. The molecule has 6 heteroatoms. The zero-order valence-corrected chi connectivity index (χ0v) is 15.7. The maximum absolute atomic E-state index is 12.6. The molecule has 0 aliphatic heterocycles. The first-order valence-electron chi connectivity index (χ1n) is 9.48. The molecule has 6 nitrogen and oxygen atoms in total. The van der Waals surface area contributed by atoms with Crippen molar-refractivity contribution < 1.29 is 9.32 Å². The molecular weight excluding hydrogens is 340 g/mol. The molecule has 0 saturated heterocycles. The van der Waals surface area contributed by atoms with E-state index in [4.69, 9.17) is 4.52 Å². The van der Waals surface area contributed by atoms with Crippen LogP contribution < -0.4 is 5.32 Å². The van der Waals surface area contributed by atoms with E-state index in [1.54, 1.807) is 6.07 Å². The molecule has 1 aliphatic carbocycles. The summed E-state index contributed by atoms with van der Waals surface area (Å²) >= 11 is 0. The van der Waals surface area contributed by atoms with Gasteiger partial charge in [0.1, 0.15) is 0 Å². The molecule has 4 rings (SSSR count). The lowest BCUT2D eigenvalue weighted by Gasteiger charge is -2.23. The Bertz CT molecular complexity index is 927. The van der Waals surface area contributed by atoms with Crippen LogP contribution in [0, 0.1) is 0 Å². The Morgan fingerprint density at radius 1 is 1.33 bits per heavy atom. The molecule has 1 atom stereocenters. The van der Waals surface area contributed by atoms with Crippen molar-refractivity contribution in [2.45, 2.75) is 51.6 Å². The number of hydrogen-bond donors (Lipinski definition) is 1. The smallest absolute Gasteiger partial charge is 0.290 e. The van der Waals surface area contributed by atoms with E-state index in [2.05, 4.69) is 27.7 Å². The van der Waals surface area contributed by atoms with Crippen LogP contribution in [0.2, 0.25) is 0 Å². The summed E-state index contributed by atoms with van der Waals surface area (Å²) in [7, 11) is 0. The normalized spacial score (nSPS) is 16.3. The Morgan fingerprint density at radius 3 is 2.89 bits per heavy atom. The second-order valence-corrected chi connectivity index (χ2v) is 7.38. The van der Waals surface area contributed by atoms with E-state index in [9.17, 15) is 4.79 Å². The van der Waals surface area contributed by atoms with Crippen molar-refractivity contribution in [2.75, 3.05) is 0 Å². The summed E-state index contributed by atoms with van der Waals surface area (Å²) in [5.41, 5.74) is 4.32. The van der Waals surface area contributed by atoms with Gasteiger partial charge in [0.2, 0.25) is 5.76 Å². The quantitative estimate of drug-likeness (QED) is 0.746. The molecule has 0 bridgehead atoms. The van der Waals surface area contributed by atoms with Crippen molar-refractivity contribution in [3.05, 3.63) is 70.9 Å². The Labute approximate surface area is 158 Å². The van der Waals surface area contributed by atoms with Crippen LogP contribution in [-0.2, 0) is 13.0 Å². The lowest BCUT2D eigenvalue weighted by molar-refractivity contribution is 0.0895. The number of rotatable bonds is 5. The van der Waals surface area contributed by atoms with E-state index in [0.717, 1.165) is 37.1 Å². The number of nitrogens with zero attached hydrogens (tertiary/aromatic N) is 3. The molecule has 27 heavy (non-hydrogen) atoms. The Morgan fingerprint density at radius 2 is 2.15 bits per heavy atom. The summed E-state index contributed by atoms with van der Waals surface area (Å²) in [5.74, 6) is 0.276. The Hall–Kier alpha value is -2.89. The molecule has 1 amide bonds. The van der Waals surface area contributed by atoms with Crippen LogP contribution >= 0.6 is 0 Å². The fraction of sp³-hybridized carbons (Fsp3) is 0.381. The minimum Gasteiger partial charge on any atom is -0.351 e. The van der Waals surface area contributed by atoms with Crippen molar-refractivity contribution in [1.82, 2.24) is 20.3 Å². The van der Waals surface area contributed by atoms with Crippen molar-refractivity contribution in [3.63, 3.8) is 0 Å². The standard InChI is InChI=1S/C21H24N4O2/c1-14(2)18-11-20(27-24-18)21(26)23-17-9-6-10-19-16(17)12-22-25(19)13-15-7-4-3-5-8-15/h3-5,7-8,11-12,14,17H,6,9-10,13H2,1-2H3,(H,23,26)/t17-/m0/s1. The fourth-order valence-electron chi connectivity index (χ4n) is 3.56. The minimum absolute atomic E-state index is 0.0432. The van der Waals surface area contributed by atoms with Gasteiger partial charge < -0.3 is 9.84 Å². The highest BCUT2D eigenvalue weighted by molar-refractivity contribution is 5.91. The number of carbonyl (C=O) groups excluding carboxylic acids is 1. The van der Waals surface area contributed by atoms with E-state index in [-0.39, 0.29) is 23.6 Å². The summed E-state index contributed by atoms with van der Waals surface area (Å²) in [6, 6.07) is 12.0. The van der Waals surface area contributed by atoms with Crippen LogP contribution in [0.3, 0.4) is 0 Å². The first-order valence-corrected chi connectivity index (χ1v) is 9.48. The number of hydrogen-bond acceptors (Lipinski definition) is 4. The lowest BCUT2D eigenvalue weighted by atomic mass is 9.92. The Balaban J connectivity index is 1.50. The average Bonchev–Trinajstić information content (AvgIpc) is 3.31. The number of nitrogens with one attached hydrogen (secondary N) is 1. The number of amides is 1. The molecule has 3 aromatic rings. The summed E-state index contributed by atoms with van der Waals surface area (Å²) in [6.45, 7) is 4.79. The van der Waals surface area contributed by atoms with Crippen molar-refractivity contribution >= 4 is 5.91 Å². The summed E-state index contributed by atoms with van der Waals surface area (Å²) in [4.78, 5) is 12.6. The topological polar surface area (TPSA) is 73.0 Å². The predicted molar refractivity (Wildman–Crippen MR) is 102 cm³/mol. The molecule has 1 N–H and O–H groups in total. The molecule has 1 aromatic carbocycles. The van der Waals surface area contributed by atoms with Gasteiger partial charge in [0.15, 0.2) is 0 Å². The molecule has 2 heterocycles. The van der Waals surface area contributed by atoms with E-state index in [0.29, 0.717) is 0 Å². The lowest BCUT2D eigenvalue weighted by Crippen LogP contribution is -2.30. The van der Waals surface area contributed by atoms with Gasteiger partial charge in [0.05, 0.1) is 24.5 Å². The van der Waals surface area contributed by atoms with Crippen molar-refractivity contribution in [1.29, 1.82) is 0 Å². The molecule has 0 saturated carbocycles. The molecule has 0 spiro atoms. The molecular formula is C21H24N4O2.